The van der Waals surface area contributed by atoms with Crippen LogP contribution in [0.25, 0.3) is 0 Å². The van der Waals surface area contributed by atoms with Gasteiger partial charge in [0.2, 0.25) is 11.8 Å². The van der Waals surface area contributed by atoms with Crippen molar-refractivity contribution in [2.45, 2.75) is 39.7 Å². The Morgan fingerprint density at radius 1 is 1.24 bits per heavy atom. The van der Waals surface area contributed by atoms with Gasteiger partial charge in [-0.15, -0.1) is 0 Å². The van der Waals surface area contributed by atoms with Gasteiger partial charge in [-0.05, 0) is 30.5 Å². The third kappa shape index (κ3) is 7.27. The molecule has 0 unspecified atom stereocenters. The zero-order valence-corrected chi connectivity index (χ0v) is 14.2. The molecule has 0 spiro atoms. The molecule has 0 fully saturated rings. The number of hydrogen-bond donors (Lipinski definition) is 2. The van der Waals surface area contributed by atoms with Gasteiger partial charge in [0.1, 0.15) is 0 Å². The monoisotopic (exact) mass is 354 g/mol. The summed E-state index contributed by atoms with van der Waals surface area (Å²) in [6.45, 7) is 4.19. The lowest BCUT2D eigenvalue weighted by Crippen LogP contribution is -2.22. The van der Waals surface area contributed by atoms with Crippen molar-refractivity contribution in [1.29, 1.82) is 0 Å². The van der Waals surface area contributed by atoms with E-state index < -0.39 is 0 Å². The molecule has 2 N–H and O–H groups in total. The van der Waals surface area contributed by atoms with Crippen LogP contribution in [0.15, 0.2) is 24.3 Å². The van der Waals surface area contributed by atoms with Crippen molar-refractivity contribution in [1.82, 2.24) is 5.32 Å². The maximum absolute atomic E-state index is 11.7. The summed E-state index contributed by atoms with van der Waals surface area (Å²) in [7, 11) is 0. The lowest BCUT2D eigenvalue weighted by atomic mass is 10.1. The van der Waals surface area contributed by atoms with E-state index in [1.165, 1.54) is 0 Å². The van der Waals surface area contributed by atoms with Crippen LogP contribution in [0.3, 0.4) is 0 Å². The molecule has 5 heteroatoms. The summed E-state index contributed by atoms with van der Waals surface area (Å²) in [5.74, 6) is 0.00122. The molecule has 0 aliphatic carbocycles. The first-order valence-corrected chi connectivity index (χ1v) is 8.37. The second-order valence-electron chi connectivity index (χ2n) is 5.27. The van der Waals surface area contributed by atoms with Gasteiger partial charge in [0.15, 0.2) is 0 Å². The number of unbranched alkanes of at least 4 members (excludes halogenated alkanes) is 1. The number of anilines is 1. The van der Waals surface area contributed by atoms with Crippen LogP contribution in [0.2, 0.25) is 0 Å². The number of rotatable bonds is 8. The Kier molecular flexibility index (Phi) is 8.05. The van der Waals surface area contributed by atoms with Crippen LogP contribution in [0.1, 0.15) is 38.7 Å². The molecule has 0 aliphatic rings. The van der Waals surface area contributed by atoms with Gasteiger partial charge in [0.25, 0.3) is 0 Å². The highest BCUT2D eigenvalue weighted by Crippen LogP contribution is 2.12. The van der Waals surface area contributed by atoms with E-state index in [1.807, 2.05) is 38.1 Å². The van der Waals surface area contributed by atoms with E-state index in [1.54, 1.807) is 0 Å². The Morgan fingerprint density at radius 3 is 2.67 bits per heavy atom. The summed E-state index contributed by atoms with van der Waals surface area (Å²) < 4.78 is 0. The second kappa shape index (κ2) is 9.55. The Balaban J connectivity index is 2.45. The lowest BCUT2D eigenvalue weighted by Gasteiger charge is -2.10. The summed E-state index contributed by atoms with van der Waals surface area (Å²) in [5.41, 5.74) is 1.74. The van der Waals surface area contributed by atoms with Crippen molar-refractivity contribution in [3.8, 4) is 0 Å². The van der Waals surface area contributed by atoms with Gasteiger partial charge < -0.3 is 10.6 Å². The largest absolute Gasteiger partial charge is 0.352 e. The first-order chi connectivity index (χ1) is 10.0. The SMILES string of the molecule is CC(C)C(=O)Nc1cccc(CNC(=O)CCCCBr)c1. The highest BCUT2D eigenvalue weighted by molar-refractivity contribution is 9.09. The predicted octanol–water partition coefficient (Wildman–Crippen LogP) is 3.46. The number of carbonyl (C=O) groups is 2. The zero-order valence-electron chi connectivity index (χ0n) is 12.6. The molecule has 0 saturated carbocycles. The van der Waals surface area contributed by atoms with Crippen LogP contribution in [0, 0.1) is 5.92 Å². The predicted molar refractivity (Wildman–Crippen MR) is 89.4 cm³/mol. The molecule has 0 atom stereocenters. The lowest BCUT2D eigenvalue weighted by molar-refractivity contribution is -0.121. The van der Waals surface area contributed by atoms with Gasteiger partial charge in [-0.3, -0.25) is 9.59 Å². The van der Waals surface area contributed by atoms with E-state index in [9.17, 15) is 9.59 Å². The van der Waals surface area contributed by atoms with Crippen molar-refractivity contribution in [2.75, 3.05) is 10.6 Å². The molecule has 0 saturated heterocycles. The zero-order chi connectivity index (χ0) is 15.7. The smallest absolute Gasteiger partial charge is 0.226 e. The number of carbonyl (C=O) groups excluding carboxylic acids is 2. The van der Waals surface area contributed by atoms with Gasteiger partial charge in [-0.25, -0.2) is 0 Å². The topological polar surface area (TPSA) is 58.2 Å². The van der Waals surface area contributed by atoms with Crippen LogP contribution in [0.5, 0.6) is 0 Å². The molecule has 0 aliphatic heterocycles. The van der Waals surface area contributed by atoms with Crippen LogP contribution < -0.4 is 10.6 Å². The van der Waals surface area contributed by atoms with Crippen molar-refractivity contribution in [2.24, 2.45) is 5.92 Å². The van der Waals surface area contributed by atoms with Crippen LogP contribution >= 0.6 is 15.9 Å². The molecule has 0 aromatic heterocycles. The molecule has 0 bridgehead atoms. The Morgan fingerprint density at radius 2 is 2.00 bits per heavy atom. The Bertz CT molecular complexity index is 475. The van der Waals surface area contributed by atoms with Crippen molar-refractivity contribution in [3.63, 3.8) is 0 Å². The minimum absolute atomic E-state index is 0.00837. The van der Waals surface area contributed by atoms with E-state index >= 15 is 0 Å². The standard InChI is InChI=1S/C16H23BrN2O2/c1-12(2)16(21)19-14-7-5-6-13(10-14)11-18-15(20)8-3-4-9-17/h5-7,10,12H,3-4,8-9,11H2,1-2H3,(H,18,20)(H,19,21). The highest BCUT2D eigenvalue weighted by Gasteiger charge is 2.07. The van der Waals surface area contributed by atoms with Crippen LogP contribution in [-0.2, 0) is 16.1 Å². The van der Waals surface area contributed by atoms with Crippen molar-refractivity contribution < 1.29 is 9.59 Å². The average Bonchev–Trinajstić information content (AvgIpc) is 2.45. The first kappa shape index (κ1) is 17.7. The molecule has 116 valence electrons. The van der Waals surface area contributed by atoms with E-state index in [2.05, 4.69) is 26.6 Å². The third-order valence-corrected chi connectivity index (χ3v) is 3.56. The van der Waals surface area contributed by atoms with Gasteiger partial charge >= 0.3 is 0 Å². The molecule has 2 amide bonds. The molecule has 4 nitrogen and oxygen atoms in total. The van der Waals surface area contributed by atoms with Gasteiger partial charge in [-0.1, -0.05) is 41.9 Å². The maximum Gasteiger partial charge on any atom is 0.226 e. The minimum atomic E-state index is -0.0530. The number of halogens is 1. The summed E-state index contributed by atoms with van der Waals surface area (Å²) in [4.78, 5) is 23.3. The quantitative estimate of drug-likeness (QED) is 0.554. The first-order valence-electron chi connectivity index (χ1n) is 7.25. The molecule has 1 aromatic carbocycles. The second-order valence-corrected chi connectivity index (χ2v) is 6.06. The molecule has 1 aromatic rings. The van der Waals surface area contributed by atoms with Gasteiger partial charge in [0.05, 0.1) is 0 Å². The number of hydrogen-bond acceptors (Lipinski definition) is 2. The number of nitrogens with one attached hydrogen (secondary N) is 2. The fraction of sp³-hybridized carbons (Fsp3) is 0.500. The minimum Gasteiger partial charge on any atom is -0.352 e. The molecule has 21 heavy (non-hydrogen) atoms. The summed E-state index contributed by atoms with van der Waals surface area (Å²) in [6, 6.07) is 7.55. The summed E-state index contributed by atoms with van der Waals surface area (Å²) >= 11 is 3.35. The van der Waals surface area contributed by atoms with E-state index in [4.69, 9.17) is 0 Å². The fourth-order valence-electron chi connectivity index (χ4n) is 1.71. The molecule has 0 radical (unpaired) electrons. The van der Waals surface area contributed by atoms with E-state index in [-0.39, 0.29) is 17.7 Å². The summed E-state index contributed by atoms with van der Waals surface area (Å²) in [5, 5.41) is 6.68. The Hall–Kier alpha value is -1.36. The van der Waals surface area contributed by atoms with Crippen LogP contribution in [0.4, 0.5) is 5.69 Å². The normalized spacial score (nSPS) is 10.5. The average molecular weight is 355 g/mol. The number of amides is 2. The third-order valence-electron chi connectivity index (χ3n) is 3.00. The van der Waals surface area contributed by atoms with Crippen LogP contribution in [-0.4, -0.2) is 17.1 Å². The summed E-state index contributed by atoms with van der Waals surface area (Å²) in [6.07, 6.45) is 2.45. The van der Waals surface area contributed by atoms with Crippen molar-refractivity contribution in [3.05, 3.63) is 29.8 Å². The molecular formula is C16H23BrN2O2. The van der Waals surface area contributed by atoms with E-state index in [0.29, 0.717) is 13.0 Å². The van der Waals surface area contributed by atoms with E-state index in [0.717, 1.165) is 29.4 Å². The molecule has 0 heterocycles. The highest BCUT2D eigenvalue weighted by atomic mass is 79.9. The fourth-order valence-corrected chi connectivity index (χ4v) is 2.11. The number of benzene rings is 1. The van der Waals surface area contributed by atoms with Gasteiger partial charge in [0, 0.05) is 29.9 Å². The molecular weight excluding hydrogens is 332 g/mol. The van der Waals surface area contributed by atoms with Gasteiger partial charge in [-0.2, -0.15) is 0 Å². The Labute approximate surface area is 134 Å². The molecule has 1 rings (SSSR count). The number of alkyl halides is 1. The maximum atomic E-state index is 11.7. The van der Waals surface area contributed by atoms with Crippen molar-refractivity contribution >= 4 is 33.4 Å².